The average Bonchev–Trinajstić information content (AvgIpc) is 2.65. The van der Waals surface area contributed by atoms with Gasteiger partial charge in [0, 0.05) is 25.0 Å². The van der Waals surface area contributed by atoms with Crippen molar-refractivity contribution >= 4 is 18.0 Å². The van der Waals surface area contributed by atoms with E-state index >= 15 is 0 Å². The molecule has 0 saturated carbocycles. The fourth-order valence-corrected chi connectivity index (χ4v) is 3.99. The molecule has 2 fully saturated rings. The molecular formula is C21H27NO4. The monoisotopic (exact) mass is 357 g/mol. The van der Waals surface area contributed by atoms with Crippen LogP contribution in [0.5, 0.6) is 5.75 Å². The van der Waals surface area contributed by atoms with Crippen LogP contribution in [0.15, 0.2) is 30.3 Å². The van der Waals surface area contributed by atoms with Crippen molar-refractivity contribution in [2.24, 2.45) is 5.92 Å². The van der Waals surface area contributed by atoms with Gasteiger partial charge in [0.2, 0.25) is 0 Å². The highest BCUT2D eigenvalue weighted by Crippen LogP contribution is 2.31. The number of ether oxygens (including phenoxy) is 2. The van der Waals surface area contributed by atoms with E-state index in [-0.39, 0.29) is 11.9 Å². The van der Waals surface area contributed by atoms with E-state index in [9.17, 15) is 9.59 Å². The van der Waals surface area contributed by atoms with Crippen molar-refractivity contribution in [1.82, 2.24) is 4.90 Å². The molecule has 0 aliphatic carbocycles. The Kier molecular flexibility index (Phi) is 6.45. The third-order valence-electron chi connectivity index (χ3n) is 5.22. The van der Waals surface area contributed by atoms with Gasteiger partial charge in [0.15, 0.2) is 0 Å². The van der Waals surface area contributed by atoms with Crippen molar-refractivity contribution in [3.8, 4) is 5.75 Å². The van der Waals surface area contributed by atoms with Crippen LogP contribution < -0.4 is 4.74 Å². The summed E-state index contributed by atoms with van der Waals surface area (Å²) in [5, 5.41) is 0. The molecule has 0 spiro atoms. The zero-order valence-corrected chi connectivity index (χ0v) is 15.4. The quantitative estimate of drug-likeness (QED) is 0.459. The zero-order valence-electron chi connectivity index (χ0n) is 15.4. The molecule has 0 radical (unpaired) electrons. The zero-order chi connectivity index (χ0) is 18.4. The molecule has 0 aromatic heterocycles. The Bertz CT molecular complexity index is 650. The lowest BCUT2D eigenvalue weighted by Crippen LogP contribution is -2.49. The van der Waals surface area contributed by atoms with Crippen molar-refractivity contribution in [3.63, 3.8) is 0 Å². The van der Waals surface area contributed by atoms with Gasteiger partial charge >= 0.3 is 11.9 Å². The fourth-order valence-electron chi connectivity index (χ4n) is 3.99. The lowest BCUT2D eigenvalue weighted by Gasteiger charge is -2.44. The van der Waals surface area contributed by atoms with Gasteiger partial charge in [-0.2, -0.15) is 0 Å². The van der Waals surface area contributed by atoms with Gasteiger partial charge in [0.25, 0.3) is 0 Å². The van der Waals surface area contributed by atoms with Gasteiger partial charge in [-0.25, -0.2) is 4.79 Å². The summed E-state index contributed by atoms with van der Waals surface area (Å²) in [7, 11) is 0. The van der Waals surface area contributed by atoms with Gasteiger partial charge in [-0.3, -0.25) is 9.69 Å². The third kappa shape index (κ3) is 5.18. The molecule has 0 amide bonds. The molecule has 2 atom stereocenters. The molecule has 1 aromatic rings. The summed E-state index contributed by atoms with van der Waals surface area (Å²) in [4.78, 5) is 25.5. The minimum atomic E-state index is -0.351. The summed E-state index contributed by atoms with van der Waals surface area (Å²) in [6.07, 6.45) is 9.33. The Balaban J connectivity index is 1.47. The number of fused-ring (bicyclic) bond motifs is 1. The van der Waals surface area contributed by atoms with E-state index in [1.54, 1.807) is 30.3 Å². The number of esters is 2. The fraction of sp³-hybridized carbons (Fsp3) is 0.524. The van der Waals surface area contributed by atoms with Crippen LogP contribution in [0.3, 0.4) is 0 Å². The van der Waals surface area contributed by atoms with Crippen molar-refractivity contribution < 1.29 is 19.1 Å². The summed E-state index contributed by atoms with van der Waals surface area (Å²) in [6, 6.07) is 7.58. The van der Waals surface area contributed by atoms with E-state index in [4.69, 9.17) is 9.47 Å². The SMILES string of the molecule is CC(=O)Oc1ccc(/C=C/C(=O)OC[C@H]2CCCN3CCCC[C@H]23)cc1. The second kappa shape index (κ2) is 8.99. The Morgan fingerprint density at radius 2 is 1.88 bits per heavy atom. The largest absolute Gasteiger partial charge is 0.462 e. The number of nitrogens with zero attached hydrogens (tertiary/aromatic N) is 1. The van der Waals surface area contributed by atoms with Gasteiger partial charge in [0.1, 0.15) is 5.75 Å². The Hall–Kier alpha value is -2.14. The second-order valence-corrected chi connectivity index (χ2v) is 7.13. The molecule has 2 aliphatic rings. The van der Waals surface area contributed by atoms with Crippen LogP contribution in [-0.2, 0) is 14.3 Å². The molecular weight excluding hydrogens is 330 g/mol. The number of hydrogen-bond donors (Lipinski definition) is 0. The molecule has 3 rings (SSSR count). The molecule has 5 nitrogen and oxygen atoms in total. The van der Waals surface area contributed by atoms with Crippen molar-refractivity contribution in [1.29, 1.82) is 0 Å². The van der Waals surface area contributed by atoms with E-state index in [1.165, 1.54) is 51.8 Å². The van der Waals surface area contributed by atoms with Gasteiger partial charge in [-0.15, -0.1) is 0 Å². The van der Waals surface area contributed by atoms with Crippen LogP contribution in [-0.4, -0.2) is 42.6 Å². The lowest BCUT2D eigenvalue weighted by molar-refractivity contribution is -0.140. The summed E-state index contributed by atoms with van der Waals surface area (Å²) in [6.45, 7) is 4.26. The van der Waals surface area contributed by atoms with E-state index in [1.807, 2.05) is 0 Å². The maximum absolute atomic E-state index is 12.0. The van der Waals surface area contributed by atoms with E-state index in [0.29, 0.717) is 24.3 Å². The first kappa shape index (κ1) is 18.6. The summed E-state index contributed by atoms with van der Waals surface area (Å²) >= 11 is 0. The van der Waals surface area contributed by atoms with Gasteiger partial charge in [-0.05, 0) is 62.5 Å². The lowest BCUT2D eigenvalue weighted by atomic mass is 9.84. The van der Waals surface area contributed by atoms with E-state index < -0.39 is 0 Å². The summed E-state index contributed by atoms with van der Waals surface area (Å²) in [5.74, 6) is 0.300. The average molecular weight is 357 g/mol. The molecule has 140 valence electrons. The summed E-state index contributed by atoms with van der Waals surface area (Å²) < 4.78 is 10.5. The molecule has 0 unspecified atom stereocenters. The Morgan fingerprint density at radius 1 is 1.12 bits per heavy atom. The highest BCUT2D eigenvalue weighted by atomic mass is 16.5. The van der Waals surface area contributed by atoms with Crippen LogP contribution in [0.2, 0.25) is 0 Å². The van der Waals surface area contributed by atoms with E-state index in [2.05, 4.69) is 4.90 Å². The smallest absolute Gasteiger partial charge is 0.330 e. The predicted octanol–water partition coefficient (Wildman–Crippen LogP) is 3.43. The molecule has 26 heavy (non-hydrogen) atoms. The van der Waals surface area contributed by atoms with Gasteiger partial charge in [-0.1, -0.05) is 18.6 Å². The molecule has 2 saturated heterocycles. The molecule has 2 heterocycles. The molecule has 2 aliphatic heterocycles. The number of hydrogen-bond acceptors (Lipinski definition) is 5. The van der Waals surface area contributed by atoms with Crippen LogP contribution in [0.1, 0.15) is 44.6 Å². The molecule has 5 heteroatoms. The van der Waals surface area contributed by atoms with Crippen LogP contribution in [0.25, 0.3) is 6.08 Å². The van der Waals surface area contributed by atoms with Gasteiger partial charge in [0.05, 0.1) is 6.61 Å². The number of rotatable bonds is 5. The topological polar surface area (TPSA) is 55.8 Å². The maximum atomic E-state index is 12.0. The standard InChI is InChI=1S/C21H27NO4/c1-16(23)26-19-10-7-17(8-11-19)9-12-21(24)25-15-18-5-4-14-22-13-3-2-6-20(18)22/h7-12,18,20H,2-6,13-15H2,1H3/b12-9+/t18-,20-/m1/s1. The minimum Gasteiger partial charge on any atom is -0.462 e. The number of benzene rings is 1. The van der Waals surface area contributed by atoms with Crippen LogP contribution in [0, 0.1) is 5.92 Å². The molecule has 1 aromatic carbocycles. The third-order valence-corrected chi connectivity index (χ3v) is 5.22. The summed E-state index contributed by atoms with van der Waals surface area (Å²) in [5.41, 5.74) is 0.856. The highest BCUT2D eigenvalue weighted by molar-refractivity contribution is 5.87. The van der Waals surface area contributed by atoms with Crippen molar-refractivity contribution in [2.75, 3.05) is 19.7 Å². The maximum Gasteiger partial charge on any atom is 0.330 e. The normalized spacial score (nSPS) is 23.4. The first-order valence-electron chi connectivity index (χ1n) is 9.49. The predicted molar refractivity (Wildman–Crippen MR) is 99.7 cm³/mol. The van der Waals surface area contributed by atoms with Crippen molar-refractivity contribution in [2.45, 2.75) is 45.1 Å². The Morgan fingerprint density at radius 3 is 2.65 bits per heavy atom. The van der Waals surface area contributed by atoms with Crippen molar-refractivity contribution in [3.05, 3.63) is 35.9 Å². The highest BCUT2D eigenvalue weighted by Gasteiger charge is 2.33. The minimum absolute atomic E-state index is 0.304. The Labute approximate surface area is 155 Å². The number of piperidine rings is 2. The number of carbonyl (C=O) groups is 2. The van der Waals surface area contributed by atoms with E-state index in [0.717, 1.165) is 12.0 Å². The number of carbonyl (C=O) groups excluding carboxylic acids is 2. The van der Waals surface area contributed by atoms with Crippen LogP contribution >= 0.6 is 0 Å². The first-order chi connectivity index (χ1) is 12.6. The van der Waals surface area contributed by atoms with Crippen LogP contribution in [0.4, 0.5) is 0 Å². The first-order valence-corrected chi connectivity index (χ1v) is 9.49. The molecule has 0 bridgehead atoms. The van der Waals surface area contributed by atoms with Gasteiger partial charge < -0.3 is 9.47 Å². The second-order valence-electron chi connectivity index (χ2n) is 7.13. The molecule has 0 N–H and O–H groups in total.